The van der Waals surface area contributed by atoms with Crippen molar-refractivity contribution >= 4 is 5.69 Å². The van der Waals surface area contributed by atoms with Crippen LogP contribution in [0.3, 0.4) is 0 Å². The van der Waals surface area contributed by atoms with Crippen LogP contribution in [0.2, 0.25) is 0 Å². The second-order valence-electron chi connectivity index (χ2n) is 6.33. The average molecular weight is 327 g/mol. The summed E-state index contributed by atoms with van der Waals surface area (Å²) in [5, 5.41) is 9.72. The third-order valence-electron chi connectivity index (χ3n) is 4.78. The molecule has 0 spiro atoms. The highest BCUT2D eigenvalue weighted by Crippen LogP contribution is 2.16. The predicted octanol–water partition coefficient (Wildman–Crippen LogP) is 2.07. The van der Waals surface area contributed by atoms with Crippen molar-refractivity contribution in [1.29, 1.82) is 0 Å². The maximum atomic E-state index is 11.4. The van der Waals surface area contributed by atoms with Gasteiger partial charge in [0.05, 0.1) is 5.69 Å². The van der Waals surface area contributed by atoms with Gasteiger partial charge in [-0.1, -0.05) is 18.2 Å². The lowest BCUT2D eigenvalue weighted by atomic mass is 10.2. The van der Waals surface area contributed by atoms with E-state index in [0.717, 1.165) is 45.7 Å². The Morgan fingerprint density at radius 2 is 1.71 bits per heavy atom. The Morgan fingerprint density at radius 1 is 1.00 bits per heavy atom. The minimum Gasteiger partial charge on any atom is -0.503 e. The summed E-state index contributed by atoms with van der Waals surface area (Å²) < 4.78 is 1.96. The number of piperazine rings is 1. The number of anilines is 1. The minimum absolute atomic E-state index is 0.131. The molecule has 5 heteroatoms. The van der Waals surface area contributed by atoms with Crippen LogP contribution in [0.25, 0.3) is 0 Å². The smallest absolute Gasteiger partial charge is 0.223 e. The van der Waals surface area contributed by atoms with Crippen LogP contribution in [-0.2, 0) is 6.54 Å². The Hall–Kier alpha value is -2.27. The summed E-state index contributed by atoms with van der Waals surface area (Å²) >= 11 is 0. The second kappa shape index (κ2) is 7.53. The number of hydrogen-bond acceptors (Lipinski definition) is 4. The molecule has 1 fully saturated rings. The Kier molecular flexibility index (Phi) is 5.20. The van der Waals surface area contributed by atoms with E-state index in [-0.39, 0.29) is 11.2 Å². The largest absolute Gasteiger partial charge is 0.503 e. The fraction of sp³-hybridized carbons (Fsp3) is 0.421. The molecule has 0 amide bonds. The maximum absolute atomic E-state index is 11.4. The standard InChI is InChI=1S/C19H25N3O2/c1-16-19(24)18(23)8-11-21(16)10-5-9-20-12-14-22(15-13-20)17-6-3-2-4-7-17/h2-4,6-8,11,24H,5,9-10,12-15H2,1H3. The fourth-order valence-electron chi connectivity index (χ4n) is 3.24. The molecule has 0 aliphatic carbocycles. The van der Waals surface area contributed by atoms with Gasteiger partial charge in [-0.05, 0) is 32.0 Å². The van der Waals surface area contributed by atoms with Crippen molar-refractivity contribution in [2.24, 2.45) is 0 Å². The summed E-state index contributed by atoms with van der Waals surface area (Å²) in [5.74, 6) is -0.131. The molecule has 1 aliphatic heterocycles. The monoisotopic (exact) mass is 327 g/mol. The number of rotatable bonds is 5. The molecule has 24 heavy (non-hydrogen) atoms. The van der Waals surface area contributed by atoms with Gasteiger partial charge in [0.25, 0.3) is 0 Å². The highest BCUT2D eigenvalue weighted by molar-refractivity contribution is 5.46. The normalized spacial score (nSPS) is 15.6. The number of aromatic hydroxyl groups is 1. The fourth-order valence-corrected chi connectivity index (χ4v) is 3.24. The van der Waals surface area contributed by atoms with E-state index in [9.17, 15) is 9.90 Å². The molecule has 0 radical (unpaired) electrons. The summed E-state index contributed by atoms with van der Waals surface area (Å²) in [6.45, 7) is 7.90. The van der Waals surface area contributed by atoms with E-state index >= 15 is 0 Å². The number of para-hydroxylation sites is 1. The number of benzene rings is 1. The second-order valence-corrected chi connectivity index (χ2v) is 6.33. The van der Waals surface area contributed by atoms with E-state index in [1.807, 2.05) is 4.57 Å². The van der Waals surface area contributed by atoms with Crippen molar-refractivity contribution in [3.63, 3.8) is 0 Å². The molecule has 5 nitrogen and oxygen atoms in total. The van der Waals surface area contributed by atoms with Gasteiger partial charge in [0, 0.05) is 50.7 Å². The van der Waals surface area contributed by atoms with Crippen LogP contribution in [0.15, 0.2) is 47.4 Å². The SMILES string of the molecule is Cc1c(O)c(=O)ccn1CCCN1CCN(c2ccccc2)CC1. The molecule has 1 N–H and O–H groups in total. The number of nitrogens with zero attached hydrogens (tertiary/aromatic N) is 3. The highest BCUT2D eigenvalue weighted by Gasteiger charge is 2.16. The molecular weight excluding hydrogens is 302 g/mol. The molecule has 0 atom stereocenters. The molecule has 1 aromatic carbocycles. The average Bonchev–Trinajstić information content (AvgIpc) is 2.63. The zero-order valence-electron chi connectivity index (χ0n) is 14.2. The van der Waals surface area contributed by atoms with Gasteiger partial charge in [-0.25, -0.2) is 0 Å². The van der Waals surface area contributed by atoms with Crippen LogP contribution in [0.5, 0.6) is 5.75 Å². The van der Waals surface area contributed by atoms with Crippen molar-refractivity contribution in [2.75, 3.05) is 37.6 Å². The van der Waals surface area contributed by atoms with E-state index in [4.69, 9.17) is 0 Å². The molecule has 1 aromatic heterocycles. The zero-order valence-corrected chi connectivity index (χ0v) is 14.2. The lowest BCUT2D eigenvalue weighted by Gasteiger charge is -2.36. The Labute approximate surface area is 142 Å². The van der Waals surface area contributed by atoms with Gasteiger partial charge < -0.3 is 14.6 Å². The zero-order chi connectivity index (χ0) is 16.9. The summed E-state index contributed by atoms with van der Waals surface area (Å²) in [4.78, 5) is 16.3. The number of aromatic nitrogens is 1. The van der Waals surface area contributed by atoms with Gasteiger partial charge in [0.1, 0.15) is 0 Å². The Balaban J connectivity index is 1.46. The van der Waals surface area contributed by atoms with Gasteiger partial charge >= 0.3 is 0 Å². The first-order valence-corrected chi connectivity index (χ1v) is 8.56. The van der Waals surface area contributed by atoms with Crippen LogP contribution in [0.1, 0.15) is 12.1 Å². The van der Waals surface area contributed by atoms with Crippen LogP contribution < -0.4 is 10.3 Å². The van der Waals surface area contributed by atoms with Gasteiger partial charge in [-0.3, -0.25) is 9.69 Å². The summed E-state index contributed by atoms with van der Waals surface area (Å²) in [7, 11) is 0. The van der Waals surface area contributed by atoms with Crippen molar-refractivity contribution in [1.82, 2.24) is 9.47 Å². The maximum Gasteiger partial charge on any atom is 0.223 e. The lowest BCUT2D eigenvalue weighted by molar-refractivity contribution is 0.250. The number of hydrogen-bond donors (Lipinski definition) is 1. The number of pyridine rings is 1. The van der Waals surface area contributed by atoms with Crippen LogP contribution in [-0.4, -0.2) is 47.3 Å². The van der Waals surface area contributed by atoms with E-state index < -0.39 is 0 Å². The molecule has 2 heterocycles. The summed E-state index contributed by atoms with van der Waals surface area (Å²) in [6, 6.07) is 12.0. The van der Waals surface area contributed by atoms with Gasteiger partial charge in [-0.2, -0.15) is 0 Å². The topological polar surface area (TPSA) is 48.7 Å². The van der Waals surface area contributed by atoms with Crippen LogP contribution in [0.4, 0.5) is 5.69 Å². The number of aryl methyl sites for hydroxylation is 1. The first-order chi connectivity index (χ1) is 11.6. The van der Waals surface area contributed by atoms with Crippen molar-refractivity contribution in [3.05, 3.63) is 58.5 Å². The molecule has 0 bridgehead atoms. The molecule has 128 valence electrons. The third-order valence-corrected chi connectivity index (χ3v) is 4.78. The minimum atomic E-state index is -0.305. The van der Waals surface area contributed by atoms with Crippen molar-refractivity contribution in [3.8, 4) is 5.75 Å². The van der Waals surface area contributed by atoms with Crippen LogP contribution >= 0.6 is 0 Å². The molecule has 0 saturated carbocycles. The van der Waals surface area contributed by atoms with Crippen LogP contribution in [0, 0.1) is 6.92 Å². The van der Waals surface area contributed by atoms with Crippen molar-refractivity contribution in [2.45, 2.75) is 19.9 Å². The van der Waals surface area contributed by atoms with E-state index in [1.54, 1.807) is 13.1 Å². The first-order valence-electron chi connectivity index (χ1n) is 8.56. The van der Waals surface area contributed by atoms with Gasteiger partial charge in [0.2, 0.25) is 5.43 Å². The Bertz CT molecular complexity index is 719. The predicted molar refractivity (Wildman–Crippen MR) is 96.8 cm³/mol. The van der Waals surface area contributed by atoms with Gasteiger partial charge in [0.15, 0.2) is 5.75 Å². The van der Waals surface area contributed by atoms with Gasteiger partial charge in [-0.15, -0.1) is 0 Å². The molecule has 1 saturated heterocycles. The molecule has 3 rings (SSSR count). The molecular formula is C19H25N3O2. The third kappa shape index (κ3) is 3.79. The molecule has 0 unspecified atom stereocenters. The van der Waals surface area contributed by atoms with Crippen molar-refractivity contribution < 1.29 is 5.11 Å². The molecule has 2 aromatic rings. The first kappa shape index (κ1) is 16.6. The van der Waals surface area contributed by atoms with E-state index in [1.165, 1.54) is 11.8 Å². The highest BCUT2D eigenvalue weighted by atomic mass is 16.3. The van der Waals surface area contributed by atoms with E-state index in [0.29, 0.717) is 5.69 Å². The lowest BCUT2D eigenvalue weighted by Crippen LogP contribution is -2.46. The summed E-state index contributed by atoms with van der Waals surface area (Å²) in [6.07, 6.45) is 2.78. The molecule has 1 aliphatic rings. The van der Waals surface area contributed by atoms with E-state index in [2.05, 4.69) is 40.1 Å². The quantitative estimate of drug-likeness (QED) is 0.913. The summed E-state index contributed by atoms with van der Waals surface area (Å²) in [5.41, 5.74) is 1.65. The Morgan fingerprint density at radius 3 is 2.42 bits per heavy atom.